The molecule has 5 fully saturated rings. The van der Waals surface area contributed by atoms with Gasteiger partial charge in [0.05, 0.1) is 12.0 Å². The van der Waals surface area contributed by atoms with E-state index in [9.17, 15) is 19.0 Å². The summed E-state index contributed by atoms with van der Waals surface area (Å²) in [4.78, 5) is 46.8. The second kappa shape index (κ2) is 13.2. The Bertz CT molecular complexity index is 1190. The average Bonchev–Trinajstić information content (AvgIpc) is 3.31. The predicted molar refractivity (Wildman–Crippen MR) is 167 cm³/mol. The molecule has 0 spiro atoms. The first-order chi connectivity index (χ1) is 19.9. The molecule has 0 aromatic rings. The van der Waals surface area contributed by atoms with Crippen LogP contribution in [0.25, 0.3) is 0 Å². The van der Waals surface area contributed by atoms with Crippen molar-refractivity contribution in [1.29, 1.82) is 0 Å². The molecule has 5 aliphatic rings. The third kappa shape index (κ3) is 6.04. The van der Waals surface area contributed by atoms with E-state index in [1.807, 2.05) is 0 Å². The standard InChI is InChI=1S/C35H58NO6P.K/c1-23(2)24-13-18-35(30(38)36-21-9-8-10-22-42-43(39,40)41)20-19-33(6)25(29(24)35)11-12-27-32(5)16-15-28(37)31(3,4)26(32)14-17-34(27,33)7;/h24-27,29H,1,8-22H2,2-7H3,(H,36,38)(H2,39,40,41);/q;+1/p-1/t24-,25+,26-,27+,29+,32-,33+,34+,35-;/m0./s1. The number of carbonyl (C=O) groups excluding carboxylic acids is 2. The number of nitrogens with one attached hydrogen (secondary N) is 1. The maximum absolute atomic E-state index is 14.2. The number of hydrogen-bond acceptors (Lipinski definition) is 5. The van der Waals surface area contributed by atoms with Crippen molar-refractivity contribution in [3.05, 3.63) is 12.2 Å². The Kier molecular flexibility index (Phi) is 11.2. The number of fused-ring (bicyclic) bond motifs is 7. The molecular weight excluding hydrogens is 600 g/mol. The van der Waals surface area contributed by atoms with E-state index in [2.05, 4.69) is 58.0 Å². The van der Waals surface area contributed by atoms with Crippen LogP contribution >= 0.6 is 7.82 Å². The number of phosphoric acid groups is 1. The van der Waals surface area contributed by atoms with Crippen LogP contribution < -0.4 is 61.6 Å². The third-order valence-corrected chi connectivity index (χ3v) is 15.1. The number of hydrogen-bond donors (Lipinski definition) is 2. The summed E-state index contributed by atoms with van der Waals surface area (Å²) in [5.41, 5.74) is 1.14. The van der Waals surface area contributed by atoms with Gasteiger partial charge in [-0.25, -0.2) is 0 Å². The number of carbonyl (C=O) groups is 2. The summed E-state index contributed by atoms with van der Waals surface area (Å²) >= 11 is 0. The van der Waals surface area contributed by atoms with E-state index >= 15 is 0 Å². The predicted octanol–water partition coefficient (Wildman–Crippen LogP) is 3.98. The molecule has 0 heterocycles. The zero-order chi connectivity index (χ0) is 31.6. The molecule has 10 atom stereocenters. The molecular formula is C35H57KNO6P. The number of allylic oxidation sites excluding steroid dienone is 1. The zero-order valence-electron chi connectivity index (χ0n) is 28.6. The largest absolute Gasteiger partial charge is 1.00 e. The molecule has 5 rings (SSSR count). The van der Waals surface area contributed by atoms with Crippen molar-refractivity contribution in [2.45, 2.75) is 125 Å². The van der Waals surface area contributed by atoms with Crippen molar-refractivity contribution in [2.24, 2.45) is 56.7 Å². The summed E-state index contributed by atoms with van der Waals surface area (Å²) in [6, 6.07) is 0. The van der Waals surface area contributed by atoms with Gasteiger partial charge < -0.3 is 19.6 Å². The molecule has 2 N–H and O–H groups in total. The Hall–Kier alpha value is 0.626. The summed E-state index contributed by atoms with van der Waals surface area (Å²) in [5.74, 6) is 2.86. The van der Waals surface area contributed by atoms with Gasteiger partial charge in [-0.2, -0.15) is 0 Å². The fourth-order valence-corrected chi connectivity index (χ4v) is 12.7. The summed E-state index contributed by atoms with van der Waals surface area (Å²) in [6.07, 6.45) is 12.3. The maximum Gasteiger partial charge on any atom is 1.00 e. The Morgan fingerprint density at radius 1 is 0.977 bits per heavy atom. The van der Waals surface area contributed by atoms with Crippen LogP contribution in [0, 0.1) is 56.7 Å². The molecule has 1 amide bonds. The maximum atomic E-state index is 14.2. The van der Waals surface area contributed by atoms with Crippen molar-refractivity contribution in [1.82, 2.24) is 5.32 Å². The Morgan fingerprint density at radius 3 is 2.34 bits per heavy atom. The Labute approximate surface area is 308 Å². The van der Waals surface area contributed by atoms with Gasteiger partial charge >= 0.3 is 51.4 Å². The van der Waals surface area contributed by atoms with Crippen molar-refractivity contribution in [3.63, 3.8) is 0 Å². The van der Waals surface area contributed by atoms with E-state index in [1.165, 1.54) is 18.4 Å². The number of amides is 1. The summed E-state index contributed by atoms with van der Waals surface area (Å²) < 4.78 is 15.2. The second-order valence-electron chi connectivity index (χ2n) is 16.6. The Balaban J connectivity index is 0.00000442. The SMILES string of the molecule is C=C(C)[C@@H]1CC[C@]2(C(=O)NCCCCCOP(=O)([O-])O)CC[C@]3(C)[C@H](CC[C@@H]4[C@@]5(C)CCC(=O)C(C)(C)[C@@H]5CC[C@]43C)[C@@H]12.[K+]. The van der Waals surface area contributed by atoms with Crippen LogP contribution in [0.5, 0.6) is 0 Å². The number of rotatable bonds is 9. The molecule has 1 unspecified atom stereocenters. The number of phosphoric ester groups is 1. The van der Waals surface area contributed by atoms with Crippen LogP contribution in [0.15, 0.2) is 12.2 Å². The zero-order valence-corrected chi connectivity index (χ0v) is 32.7. The van der Waals surface area contributed by atoms with Crippen molar-refractivity contribution in [2.75, 3.05) is 13.2 Å². The minimum Gasteiger partial charge on any atom is -0.756 e. The first kappa shape index (κ1) is 37.4. The molecule has 244 valence electrons. The molecule has 0 bridgehead atoms. The first-order valence-electron chi connectivity index (χ1n) is 17.1. The van der Waals surface area contributed by atoms with Gasteiger partial charge in [0.1, 0.15) is 5.78 Å². The molecule has 0 radical (unpaired) electrons. The number of Topliss-reactive ketones (excluding diaryl/α,β-unsaturated/α-hetero) is 1. The van der Waals surface area contributed by atoms with Crippen LogP contribution in [-0.2, 0) is 18.7 Å². The van der Waals surface area contributed by atoms with Gasteiger partial charge in [0.2, 0.25) is 5.91 Å². The normalized spacial score (nSPS) is 43.7. The van der Waals surface area contributed by atoms with Gasteiger partial charge in [0.25, 0.3) is 7.82 Å². The van der Waals surface area contributed by atoms with Gasteiger partial charge in [-0.1, -0.05) is 46.8 Å². The van der Waals surface area contributed by atoms with E-state index in [1.54, 1.807) is 0 Å². The average molecular weight is 658 g/mol. The van der Waals surface area contributed by atoms with Gasteiger partial charge in [-0.3, -0.25) is 14.2 Å². The topological polar surface area (TPSA) is 116 Å². The third-order valence-electron chi connectivity index (χ3n) is 14.6. The fourth-order valence-electron chi connectivity index (χ4n) is 12.3. The van der Waals surface area contributed by atoms with Crippen LogP contribution in [-0.4, -0.2) is 29.7 Å². The molecule has 5 aliphatic carbocycles. The van der Waals surface area contributed by atoms with Crippen LogP contribution in [0.3, 0.4) is 0 Å². The molecule has 7 nitrogen and oxygen atoms in total. The minimum atomic E-state index is -4.67. The summed E-state index contributed by atoms with van der Waals surface area (Å²) in [6.45, 7) is 19.3. The van der Waals surface area contributed by atoms with E-state index in [4.69, 9.17) is 4.89 Å². The Morgan fingerprint density at radius 2 is 1.68 bits per heavy atom. The second-order valence-corrected chi connectivity index (χ2v) is 17.8. The van der Waals surface area contributed by atoms with Gasteiger partial charge in [0, 0.05) is 18.4 Å². The van der Waals surface area contributed by atoms with Crippen molar-refractivity contribution in [3.8, 4) is 0 Å². The molecule has 0 aromatic carbocycles. The fraction of sp³-hybridized carbons (Fsp3) is 0.886. The smallest absolute Gasteiger partial charge is 0.756 e. The molecule has 5 saturated carbocycles. The quantitative estimate of drug-likeness (QED) is 0.168. The minimum absolute atomic E-state index is 0. The summed E-state index contributed by atoms with van der Waals surface area (Å²) in [7, 11) is -4.67. The molecule has 0 aromatic heterocycles. The monoisotopic (exact) mass is 657 g/mol. The van der Waals surface area contributed by atoms with E-state index in [0.29, 0.717) is 61.2 Å². The summed E-state index contributed by atoms with van der Waals surface area (Å²) in [5, 5.41) is 3.30. The molecule has 0 aliphatic heterocycles. The van der Waals surface area contributed by atoms with E-state index in [0.717, 1.165) is 51.4 Å². The van der Waals surface area contributed by atoms with Gasteiger partial charge in [0.15, 0.2) is 0 Å². The van der Waals surface area contributed by atoms with Crippen LogP contribution in [0.1, 0.15) is 125 Å². The first-order valence-corrected chi connectivity index (χ1v) is 18.6. The van der Waals surface area contributed by atoms with Crippen LogP contribution in [0.4, 0.5) is 0 Å². The van der Waals surface area contributed by atoms with Crippen molar-refractivity contribution >= 4 is 19.5 Å². The molecule has 44 heavy (non-hydrogen) atoms. The van der Waals surface area contributed by atoms with E-state index < -0.39 is 7.82 Å². The number of unbranched alkanes of at least 4 members (excludes halogenated alkanes) is 2. The van der Waals surface area contributed by atoms with E-state index in [-0.39, 0.29) is 91.0 Å². The van der Waals surface area contributed by atoms with Gasteiger partial charge in [-0.15, -0.1) is 0 Å². The van der Waals surface area contributed by atoms with Gasteiger partial charge in [-0.05, 0) is 130 Å². The molecule has 9 heteroatoms. The molecule has 0 saturated heterocycles. The van der Waals surface area contributed by atoms with Crippen LogP contribution in [0.2, 0.25) is 0 Å². The number of ketones is 1. The van der Waals surface area contributed by atoms with Crippen molar-refractivity contribution < 1.29 is 79.8 Å².